The highest BCUT2D eigenvalue weighted by Crippen LogP contribution is 2.49. The average Bonchev–Trinajstić information content (AvgIpc) is 3.78. The minimum atomic E-state index is -3.10. The number of amides is 1. The zero-order valence-electron chi connectivity index (χ0n) is 37.6. The topological polar surface area (TPSA) is 100 Å². The van der Waals surface area contributed by atoms with Gasteiger partial charge in [0.25, 0.3) is 16.6 Å². The summed E-state index contributed by atoms with van der Waals surface area (Å²) >= 11 is 6.77. The minimum absolute atomic E-state index is 0.0159. The lowest BCUT2D eigenvalue weighted by molar-refractivity contribution is 0.0634. The van der Waals surface area contributed by atoms with Crippen molar-refractivity contribution in [1.82, 2.24) is 19.5 Å². The summed E-state index contributed by atoms with van der Waals surface area (Å²) in [7, 11) is -6.13. The molecule has 0 aliphatic heterocycles. The van der Waals surface area contributed by atoms with Gasteiger partial charge in [-0.2, -0.15) is 9.97 Å². The van der Waals surface area contributed by atoms with Crippen LogP contribution in [0, 0.1) is 5.92 Å². The van der Waals surface area contributed by atoms with Gasteiger partial charge in [0.15, 0.2) is 10.8 Å². The first-order chi connectivity index (χ1) is 29.3. The van der Waals surface area contributed by atoms with Gasteiger partial charge in [-0.3, -0.25) is 5.32 Å². The number of nitrogens with one attached hydrogen (secondary N) is 1. The third-order valence-corrected chi connectivity index (χ3v) is 22.5. The molecule has 4 atom stereocenters. The highest BCUT2D eigenvalue weighted by atomic mass is 35.5. The lowest BCUT2D eigenvalue weighted by Crippen LogP contribution is -2.69. The van der Waals surface area contributed by atoms with E-state index in [9.17, 15) is 4.79 Å². The number of hydrogen-bond acceptors (Lipinski definition) is 7. The summed E-state index contributed by atoms with van der Waals surface area (Å²) in [6.45, 7) is 26.3. The van der Waals surface area contributed by atoms with E-state index in [0.717, 1.165) is 5.57 Å². The van der Waals surface area contributed by atoms with Gasteiger partial charge in [-0.15, -0.1) is 0 Å². The van der Waals surface area contributed by atoms with E-state index in [4.69, 9.17) is 41.7 Å². The van der Waals surface area contributed by atoms with Crippen molar-refractivity contribution in [2.75, 3.05) is 5.32 Å². The molecule has 1 amide bonds. The predicted molar refractivity (Wildman–Crippen MR) is 257 cm³/mol. The molecule has 1 fully saturated rings. The summed E-state index contributed by atoms with van der Waals surface area (Å²) in [5.41, 5.74) is 1.10. The SMILES string of the molecule is C=C1[C@H](C(C)O[Si](c2ccccc2)(c2ccccc2)C(C)(C)C)[C@@H](O[Si](c2ccccc2)(c2ccccc2)C(C)(C)C)C[C@@H]1n1cnc2c(Cl)nc(NC(=O)OC(C)(C)C)nc21. The van der Waals surface area contributed by atoms with Crippen LogP contribution < -0.4 is 26.1 Å². The van der Waals surface area contributed by atoms with Crippen molar-refractivity contribution in [3.63, 3.8) is 0 Å². The van der Waals surface area contributed by atoms with Crippen LogP contribution in [-0.2, 0) is 13.6 Å². The number of halogens is 1. The number of rotatable bonds is 11. The van der Waals surface area contributed by atoms with Crippen LogP contribution in [0.5, 0.6) is 0 Å². The first kappa shape index (κ1) is 45.1. The molecule has 2 heterocycles. The standard InChI is InChI=1S/C50H60ClN5O4Si2/c1-34-40(56-33-52-43-44(51)53-46(54-45(43)56)55-47(57)58-48(3,4)5)32-41(60-62(50(9,10)11,38-28-20-14-21-29-38)39-30-22-15-23-31-39)42(34)35(2)59-61(49(6,7)8,36-24-16-12-17-25-36)37-26-18-13-19-27-37/h12-31,33,35,40-42H,1,32H2,2-11H3,(H,53,54,55,57)/t35?,40-,41-,42+/m0/s1. The van der Waals surface area contributed by atoms with Gasteiger partial charge >= 0.3 is 6.09 Å². The quantitative estimate of drug-likeness (QED) is 0.0786. The van der Waals surface area contributed by atoms with Crippen molar-refractivity contribution in [2.45, 2.75) is 110 Å². The van der Waals surface area contributed by atoms with E-state index < -0.39 is 28.3 Å². The Morgan fingerprint density at radius 3 is 1.63 bits per heavy atom. The van der Waals surface area contributed by atoms with Gasteiger partial charge in [-0.05, 0) is 70.5 Å². The van der Waals surface area contributed by atoms with Gasteiger partial charge in [-0.1, -0.05) is 181 Å². The van der Waals surface area contributed by atoms with Gasteiger partial charge in [0.05, 0.1) is 24.6 Å². The maximum absolute atomic E-state index is 12.9. The number of benzene rings is 4. The molecule has 2 aromatic heterocycles. The van der Waals surface area contributed by atoms with E-state index in [0.29, 0.717) is 17.6 Å². The second-order valence-corrected chi connectivity index (χ2v) is 28.3. The van der Waals surface area contributed by atoms with E-state index >= 15 is 0 Å². The van der Waals surface area contributed by atoms with Gasteiger partial charge in [0.1, 0.15) is 11.1 Å². The van der Waals surface area contributed by atoms with Crippen LogP contribution in [0.25, 0.3) is 11.2 Å². The van der Waals surface area contributed by atoms with E-state index in [1.807, 2.05) is 4.57 Å². The Bertz CT molecular complexity index is 2420. The summed E-state index contributed by atoms with van der Waals surface area (Å²) in [6.07, 6.45) is 0.927. The largest absolute Gasteiger partial charge is 0.444 e. The van der Waals surface area contributed by atoms with E-state index in [2.05, 4.69) is 180 Å². The summed E-state index contributed by atoms with van der Waals surface area (Å²) in [5, 5.41) is 7.03. The van der Waals surface area contributed by atoms with Gasteiger partial charge in [-0.25, -0.2) is 9.78 Å². The van der Waals surface area contributed by atoms with Crippen molar-refractivity contribution in [3.05, 3.63) is 145 Å². The average molecular weight is 887 g/mol. The Kier molecular flexibility index (Phi) is 12.6. The van der Waals surface area contributed by atoms with Crippen LogP contribution in [0.2, 0.25) is 15.2 Å². The van der Waals surface area contributed by atoms with Crippen LogP contribution in [0.1, 0.15) is 81.7 Å². The summed E-state index contributed by atoms with van der Waals surface area (Å²) in [4.78, 5) is 26.8. The van der Waals surface area contributed by atoms with Crippen LogP contribution >= 0.6 is 11.6 Å². The lowest BCUT2D eigenvalue weighted by atomic mass is 9.96. The van der Waals surface area contributed by atoms with Crippen LogP contribution in [0.3, 0.4) is 0 Å². The van der Waals surface area contributed by atoms with Crippen molar-refractivity contribution >= 4 is 72.2 Å². The molecule has 1 N–H and O–H groups in total. The van der Waals surface area contributed by atoms with E-state index in [-0.39, 0.29) is 45.3 Å². The number of fused-ring (bicyclic) bond motifs is 1. The second kappa shape index (κ2) is 17.3. The number of carbonyl (C=O) groups excluding carboxylic acids is 1. The molecule has 4 aromatic carbocycles. The number of carbonyl (C=O) groups is 1. The lowest BCUT2D eigenvalue weighted by Gasteiger charge is -2.48. The molecule has 324 valence electrons. The molecule has 1 aliphatic carbocycles. The van der Waals surface area contributed by atoms with Crippen molar-refractivity contribution < 1.29 is 18.4 Å². The third-order valence-electron chi connectivity index (χ3n) is 12.1. The Morgan fingerprint density at radius 2 is 1.19 bits per heavy atom. The molecule has 0 bridgehead atoms. The number of ether oxygens (including phenoxy) is 1. The number of nitrogens with zero attached hydrogens (tertiary/aromatic N) is 4. The first-order valence-electron chi connectivity index (χ1n) is 21.4. The number of aromatic nitrogens is 4. The van der Waals surface area contributed by atoms with Gasteiger partial charge < -0.3 is 18.2 Å². The van der Waals surface area contributed by atoms with Crippen molar-refractivity contribution in [1.29, 1.82) is 0 Å². The van der Waals surface area contributed by atoms with E-state index in [1.54, 1.807) is 27.1 Å². The molecule has 7 rings (SSSR count). The Morgan fingerprint density at radius 1 is 0.742 bits per heavy atom. The maximum Gasteiger partial charge on any atom is 0.414 e. The predicted octanol–water partition coefficient (Wildman–Crippen LogP) is 9.85. The van der Waals surface area contributed by atoms with Crippen molar-refractivity contribution in [2.24, 2.45) is 5.92 Å². The molecule has 0 spiro atoms. The van der Waals surface area contributed by atoms with E-state index in [1.165, 1.54) is 20.7 Å². The molecular formula is C50H60ClN5O4Si2. The van der Waals surface area contributed by atoms with Crippen LogP contribution in [0.4, 0.5) is 10.7 Å². The fraction of sp³-hybridized carbons (Fsp3) is 0.360. The zero-order chi connectivity index (χ0) is 44.7. The number of anilines is 1. The van der Waals surface area contributed by atoms with Crippen molar-refractivity contribution in [3.8, 4) is 0 Å². The second-order valence-electron chi connectivity index (χ2n) is 19.4. The molecule has 9 nitrogen and oxygen atoms in total. The molecular weight excluding hydrogens is 826 g/mol. The molecule has 1 aliphatic rings. The summed E-state index contributed by atoms with van der Waals surface area (Å²) in [5.74, 6) is -0.250. The third kappa shape index (κ3) is 8.57. The molecule has 0 saturated heterocycles. The monoisotopic (exact) mass is 885 g/mol. The fourth-order valence-electron chi connectivity index (χ4n) is 9.52. The van der Waals surface area contributed by atoms with Crippen LogP contribution in [-0.4, -0.2) is 60.1 Å². The number of hydrogen-bond donors (Lipinski definition) is 1. The zero-order valence-corrected chi connectivity index (χ0v) is 40.4. The smallest absolute Gasteiger partial charge is 0.414 e. The maximum atomic E-state index is 12.9. The minimum Gasteiger partial charge on any atom is -0.444 e. The molecule has 12 heteroatoms. The Labute approximate surface area is 374 Å². The molecule has 0 radical (unpaired) electrons. The fourth-order valence-corrected chi connectivity index (χ4v) is 19.2. The highest BCUT2D eigenvalue weighted by molar-refractivity contribution is 7.00. The molecule has 62 heavy (non-hydrogen) atoms. The Balaban J connectivity index is 1.40. The molecule has 1 saturated carbocycles. The first-order valence-corrected chi connectivity index (χ1v) is 25.6. The summed E-state index contributed by atoms with van der Waals surface area (Å²) in [6, 6.07) is 42.7. The van der Waals surface area contributed by atoms with Crippen LogP contribution in [0.15, 0.2) is 140 Å². The molecule has 1 unspecified atom stereocenters. The Hall–Kier alpha value is -4.92. The molecule has 6 aromatic rings. The highest BCUT2D eigenvalue weighted by Gasteiger charge is 2.57. The number of imidazole rings is 1. The normalized spacial score (nSPS) is 18.2. The van der Waals surface area contributed by atoms with Gasteiger partial charge in [0.2, 0.25) is 5.95 Å². The summed E-state index contributed by atoms with van der Waals surface area (Å²) < 4.78 is 23.5. The van der Waals surface area contributed by atoms with Gasteiger partial charge in [0, 0.05) is 5.92 Å².